The Hall–Kier alpha value is -1.44. The third-order valence-electron chi connectivity index (χ3n) is 4.58. The standard InChI is InChI=1S/C18H29N3O3S/c1-13(2)11-20-25(23,24)17-8-6-15(7-9-17)18(22)21-10-4-5-16(12-21)14(3)19/h6-9,13-14,16,20H,4-5,10-12,19H2,1-3H3. The highest BCUT2D eigenvalue weighted by atomic mass is 32.2. The number of likely N-dealkylation sites (tertiary alicyclic amines) is 1. The van der Waals surface area contributed by atoms with Crippen LogP contribution in [0.1, 0.15) is 44.0 Å². The maximum atomic E-state index is 12.7. The molecule has 2 rings (SSSR count). The second-order valence-electron chi connectivity index (χ2n) is 7.28. The minimum absolute atomic E-state index is 0.0650. The topological polar surface area (TPSA) is 92.5 Å². The van der Waals surface area contributed by atoms with Gasteiger partial charge < -0.3 is 10.6 Å². The van der Waals surface area contributed by atoms with Gasteiger partial charge in [0.15, 0.2) is 0 Å². The van der Waals surface area contributed by atoms with E-state index in [0.29, 0.717) is 24.6 Å². The molecule has 1 amide bonds. The monoisotopic (exact) mass is 367 g/mol. The zero-order chi connectivity index (χ0) is 18.6. The van der Waals surface area contributed by atoms with Crippen molar-refractivity contribution in [3.05, 3.63) is 29.8 Å². The van der Waals surface area contributed by atoms with E-state index in [9.17, 15) is 13.2 Å². The Labute approximate surface area is 150 Å². The highest BCUT2D eigenvalue weighted by Gasteiger charge is 2.26. The lowest BCUT2D eigenvalue weighted by Gasteiger charge is -2.34. The van der Waals surface area contributed by atoms with Crippen LogP contribution in [0.3, 0.4) is 0 Å². The molecule has 3 N–H and O–H groups in total. The van der Waals surface area contributed by atoms with Gasteiger partial charge in [-0.3, -0.25) is 4.79 Å². The molecule has 1 saturated heterocycles. The smallest absolute Gasteiger partial charge is 0.253 e. The fourth-order valence-corrected chi connectivity index (χ4v) is 4.16. The van der Waals surface area contributed by atoms with Gasteiger partial charge in [0.25, 0.3) is 5.91 Å². The molecule has 6 nitrogen and oxygen atoms in total. The average molecular weight is 368 g/mol. The fraction of sp³-hybridized carbons (Fsp3) is 0.611. The van der Waals surface area contributed by atoms with Crippen molar-refractivity contribution in [3.63, 3.8) is 0 Å². The Morgan fingerprint density at radius 3 is 2.48 bits per heavy atom. The molecule has 1 aromatic carbocycles. The summed E-state index contributed by atoms with van der Waals surface area (Å²) in [6, 6.07) is 6.21. The number of rotatable bonds is 6. The van der Waals surface area contributed by atoms with Crippen LogP contribution >= 0.6 is 0 Å². The Morgan fingerprint density at radius 1 is 1.28 bits per heavy atom. The van der Waals surface area contributed by atoms with Crippen LogP contribution in [-0.2, 0) is 10.0 Å². The molecule has 1 aliphatic heterocycles. The first-order chi connectivity index (χ1) is 11.7. The lowest BCUT2D eigenvalue weighted by molar-refractivity contribution is 0.0661. The molecular formula is C18H29N3O3S. The largest absolute Gasteiger partial charge is 0.338 e. The number of carbonyl (C=O) groups is 1. The van der Waals surface area contributed by atoms with E-state index in [1.54, 1.807) is 12.1 Å². The summed E-state index contributed by atoms with van der Waals surface area (Å²) < 4.78 is 27.0. The van der Waals surface area contributed by atoms with Gasteiger partial charge in [0.1, 0.15) is 0 Å². The normalized spacial score (nSPS) is 19.9. The van der Waals surface area contributed by atoms with E-state index < -0.39 is 10.0 Å². The predicted molar refractivity (Wildman–Crippen MR) is 98.7 cm³/mol. The van der Waals surface area contributed by atoms with Crippen molar-refractivity contribution in [2.24, 2.45) is 17.6 Å². The average Bonchev–Trinajstić information content (AvgIpc) is 2.59. The molecule has 7 heteroatoms. The van der Waals surface area contributed by atoms with Crippen LogP contribution < -0.4 is 10.5 Å². The van der Waals surface area contributed by atoms with Crippen molar-refractivity contribution in [3.8, 4) is 0 Å². The molecule has 1 heterocycles. The first-order valence-electron chi connectivity index (χ1n) is 8.85. The van der Waals surface area contributed by atoms with E-state index in [1.807, 2.05) is 25.7 Å². The molecule has 2 unspecified atom stereocenters. The van der Waals surface area contributed by atoms with Crippen LogP contribution in [-0.4, -0.2) is 44.9 Å². The lowest BCUT2D eigenvalue weighted by Crippen LogP contribution is -2.45. The van der Waals surface area contributed by atoms with Crippen LogP contribution in [0.2, 0.25) is 0 Å². The van der Waals surface area contributed by atoms with Gasteiger partial charge in [-0.15, -0.1) is 0 Å². The van der Waals surface area contributed by atoms with Gasteiger partial charge in [-0.25, -0.2) is 13.1 Å². The summed E-state index contributed by atoms with van der Waals surface area (Å²) in [4.78, 5) is 14.7. The second-order valence-corrected chi connectivity index (χ2v) is 9.05. The number of hydrogen-bond donors (Lipinski definition) is 2. The predicted octanol–water partition coefficient (Wildman–Crippen LogP) is 1.82. The minimum Gasteiger partial charge on any atom is -0.338 e. The summed E-state index contributed by atoms with van der Waals surface area (Å²) in [5.74, 6) is 0.481. The Balaban J connectivity index is 2.07. The van der Waals surface area contributed by atoms with E-state index in [2.05, 4.69) is 4.72 Å². The van der Waals surface area contributed by atoms with Gasteiger partial charge in [0.05, 0.1) is 4.90 Å². The molecule has 0 radical (unpaired) electrons. The Morgan fingerprint density at radius 2 is 1.92 bits per heavy atom. The van der Waals surface area contributed by atoms with Crippen LogP contribution in [0.5, 0.6) is 0 Å². The van der Waals surface area contributed by atoms with E-state index >= 15 is 0 Å². The van der Waals surface area contributed by atoms with Gasteiger partial charge >= 0.3 is 0 Å². The molecule has 1 aliphatic rings. The summed E-state index contributed by atoms with van der Waals surface area (Å²) in [6.45, 7) is 7.62. The minimum atomic E-state index is -3.53. The lowest BCUT2D eigenvalue weighted by atomic mass is 9.92. The SMILES string of the molecule is CC(C)CNS(=O)(=O)c1ccc(C(=O)N2CCCC(C(C)N)C2)cc1. The molecule has 25 heavy (non-hydrogen) atoms. The molecule has 140 valence electrons. The number of nitrogens with one attached hydrogen (secondary N) is 1. The Bertz CT molecular complexity index is 684. The number of sulfonamides is 1. The first-order valence-corrected chi connectivity index (χ1v) is 10.3. The number of carbonyl (C=O) groups excluding carboxylic acids is 1. The van der Waals surface area contributed by atoms with Crippen molar-refractivity contribution in [2.75, 3.05) is 19.6 Å². The summed E-state index contributed by atoms with van der Waals surface area (Å²) >= 11 is 0. The molecule has 0 aromatic heterocycles. The number of hydrogen-bond acceptors (Lipinski definition) is 4. The van der Waals surface area contributed by atoms with Crippen molar-refractivity contribution in [1.29, 1.82) is 0 Å². The van der Waals surface area contributed by atoms with E-state index in [0.717, 1.165) is 19.4 Å². The van der Waals surface area contributed by atoms with Crippen LogP contribution in [0.15, 0.2) is 29.2 Å². The van der Waals surface area contributed by atoms with E-state index in [-0.39, 0.29) is 22.8 Å². The van der Waals surface area contributed by atoms with E-state index in [1.165, 1.54) is 12.1 Å². The maximum absolute atomic E-state index is 12.7. The summed E-state index contributed by atoms with van der Waals surface area (Å²) in [7, 11) is -3.53. The molecule has 1 aromatic rings. The number of nitrogens with two attached hydrogens (primary N) is 1. The number of amides is 1. The highest BCUT2D eigenvalue weighted by Crippen LogP contribution is 2.21. The molecular weight excluding hydrogens is 338 g/mol. The molecule has 0 bridgehead atoms. The van der Waals surface area contributed by atoms with Crippen molar-refractivity contribution < 1.29 is 13.2 Å². The summed E-state index contributed by atoms with van der Waals surface area (Å²) in [6.07, 6.45) is 1.99. The highest BCUT2D eigenvalue weighted by molar-refractivity contribution is 7.89. The van der Waals surface area contributed by atoms with Crippen molar-refractivity contribution >= 4 is 15.9 Å². The van der Waals surface area contributed by atoms with Gasteiger partial charge in [-0.05, 0) is 55.9 Å². The van der Waals surface area contributed by atoms with Crippen LogP contribution in [0.25, 0.3) is 0 Å². The van der Waals surface area contributed by atoms with Gasteiger partial charge in [-0.1, -0.05) is 13.8 Å². The van der Waals surface area contributed by atoms with Gasteiger partial charge in [0, 0.05) is 31.2 Å². The van der Waals surface area contributed by atoms with Gasteiger partial charge in [0.2, 0.25) is 10.0 Å². The second kappa shape index (κ2) is 8.29. The van der Waals surface area contributed by atoms with E-state index in [4.69, 9.17) is 5.73 Å². The number of benzene rings is 1. The fourth-order valence-electron chi connectivity index (χ4n) is 2.94. The van der Waals surface area contributed by atoms with Gasteiger partial charge in [-0.2, -0.15) is 0 Å². The molecule has 0 aliphatic carbocycles. The van der Waals surface area contributed by atoms with Crippen LogP contribution in [0.4, 0.5) is 0 Å². The number of piperidine rings is 1. The zero-order valence-corrected chi connectivity index (χ0v) is 16.1. The molecule has 1 fully saturated rings. The third kappa shape index (κ3) is 5.26. The molecule has 0 spiro atoms. The molecule has 2 atom stereocenters. The summed E-state index contributed by atoms with van der Waals surface area (Å²) in [5, 5.41) is 0. The van der Waals surface area contributed by atoms with Crippen LogP contribution in [0, 0.1) is 11.8 Å². The third-order valence-corrected chi connectivity index (χ3v) is 6.02. The number of nitrogens with zero attached hydrogens (tertiary/aromatic N) is 1. The maximum Gasteiger partial charge on any atom is 0.253 e. The van der Waals surface area contributed by atoms with Crippen molar-refractivity contribution in [1.82, 2.24) is 9.62 Å². The Kier molecular flexibility index (Phi) is 6.59. The molecule has 0 saturated carbocycles. The summed E-state index contributed by atoms with van der Waals surface area (Å²) in [5.41, 5.74) is 6.48. The quantitative estimate of drug-likeness (QED) is 0.802. The van der Waals surface area contributed by atoms with Crippen molar-refractivity contribution in [2.45, 2.75) is 44.6 Å². The zero-order valence-electron chi connectivity index (χ0n) is 15.2. The first kappa shape index (κ1) is 19.9.